The molecule has 0 radical (unpaired) electrons. The van der Waals surface area contributed by atoms with Crippen LogP contribution in [0.4, 0.5) is 8.78 Å². The molecule has 2 aromatic heterocycles. The smallest absolute Gasteiger partial charge is 0.303 e. The highest BCUT2D eigenvalue weighted by atomic mass is 19.3. The molecule has 0 amide bonds. The van der Waals surface area contributed by atoms with Crippen LogP contribution in [0.5, 0.6) is 0 Å². The summed E-state index contributed by atoms with van der Waals surface area (Å²) in [5.41, 5.74) is 0.889. The zero-order chi connectivity index (χ0) is 19.2. The summed E-state index contributed by atoms with van der Waals surface area (Å²) in [7, 11) is 0. The second-order valence-electron chi connectivity index (χ2n) is 8.06. The van der Waals surface area contributed by atoms with Crippen LogP contribution in [-0.4, -0.2) is 26.2 Å². The van der Waals surface area contributed by atoms with Crippen molar-refractivity contribution in [2.75, 3.05) is 6.61 Å². The molecule has 2 saturated carbocycles. The van der Waals surface area contributed by atoms with Gasteiger partial charge < -0.3 is 9.67 Å². The van der Waals surface area contributed by atoms with E-state index in [1.54, 1.807) is 10.8 Å². The lowest BCUT2D eigenvalue weighted by atomic mass is 9.84. The van der Waals surface area contributed by atoms with Gasteiger partial charge in [-0.05, 0) is 43.1 Å². The Morgan fingerprint density at radius 1 is 1.26 bits per heavy atom. The Kier molecular flexibility index (Phi) is 4.74. The van der Waals surface area contributed by atoms with Gasteiger partial charge in [-0.1, -0.05) is 19.3 Å². The first kappa shape index (κ1) is 18.5. The molecule has 0 aliphatic heterocycles. The Hall–Kier alpha value is -1.89. The van der Waals surface area contributed by atoms with Gasteiger partial charge in [0.2, 0.25) is 0 Å². The van der Waals surface area contributed by atoms with Gasteiger partial charge in [0.05, 0.1) is 23.6 Å². The second kappa shape index (κ2) is 6.93. The van der Waals surface area contributed by atoms with Crippen molar-refractivity contribution in [3.8, 4) is 0 Å². The number of halogens is 2. The van der Waals surface area contributed by atoms with Crippen molar-refractivity contribution in [3.63, 3.8) is 0 Å². The topological polar surface area (TPSA) is 68.0 Å². The number of alkyl halides is 2. The summed E-state index contributed by atoms with van der Waals surface area (Å²) >= 11 is 0. The van der Waals surface area contributed by atoms with E-state index in [4.69, 9.17) is 0 Å². The molecule has 0 saturated heterocycles. The van der Waals surface area contributed by atoms with Crippen molar-refractivity contribution in [1.82, 2.24) is 14.5 Å². The molecule has 0 spiro atoms. The molecule has 4 rings (SSSR count). The van der Waals surface area contributed by atoms with Crippen molar-refractivity contribution in [3.05, 3.63) is 34.1 Å². The Morgan fingerprint density at radius 2 is 1.96 bits per heavy atom. The molecule has 27 heavy (non-hydrogen) atoms. The van der Waals surface area contributed by atoms with Crippen molar-refractivity contribution in [2.24, 2.45) is 5.92 Å². The van der Waals surface area contributed by atoms with Crippen LogP contribution in [0.15, 0.2) is 17.2 Å². The number of hydrogen-bond acceptors (Lipinski definition) is 4. The van der Waals surface area contributed by atoms with Crippen LogP contribution in [0.2, 0.25) is 0 Å². The number of aliphatic hydroxyl groups excluding tert-OH is 1. The minimum absolute atomic E-state index is 0.105. The molecule has 0 aromatic carbocycles. The number of fused-ring (bicyclic) bond motifs is 1. The van der Waals surface area contributed by atoms with Crippen LogP contribution in [0.3, 0.4) is 0 Å². The Labute approximate surface area is 156 Å². The number of rotatable bonds is 5. The van der Waals surface area contributed by atoms with Crippen LogP contribution >= 0.6 is 0 Å². The van der Waals surface area contributed by atoms with Gasteiger partial charge in [-0.3, -0.25) is 4.79 Å². The number of pyridine rings is 1. The number of hydrogen-bond donors (Lipinski definition) is 1. The minimum atomic E-state index is -3.16. The Morgan fingerprint density at radius 3 is 2.56 bits per heavy atom. The molecule has 1 N–H and O–H groups in total. The fourth-order valence-electron chi connectivity index (χ4n) is 4.28. The summed E-state index contributed by atoms with van der Waals surface area (Å²) in [4.78, 5) is 20.9. The van der Waals surface area contributed by atoms with Crippen LogP contribution in [0.25, 0.3) is 10.9 Å². The average Bonchev–Trinajstić information content (AvgIpc) is 3.49. The van der Waals surface area contributed by atoms with Crippen LogP contribution in [-0.2, 0) is 5.92 Å². The van der Waals surface area contributed by atoms with Crippen LogP contribution < -0.4 is 5.56 Å². The van der Waals surface area contributed by atoms with E-state index in [0.29, 0.717) is 11.4 Å². The van der Waals surface area contributed by atoms with Crippen LogP contribution in [0.1, 0.15) is 75.2 Å². The highest BCUT2D eigenvalue weighted by Crippen LogP contribution is 2.41. The van der Waals surface area contributed by atoms with Gasteiger partial charge in [0.15, 0.2) is 5.82 Å². The van der Waals surface area contributed by atoms with E-state index in [-0.39, 0.29) is 29.5 Å². The molecule has 0 unspecified atom stereocenters. The molecular weight excluding hydrogens is 352 g/mol. The SMILES string of the molecule is CC(F)(F)c1ncc2c(=O)n([C@H](CO)C3CC3)cc(C3CCCCC3)c2n1. The monoisotopic (exact) mass is 377 g/mol. The standard InChI is InChI=1S/C20H25F2N3O2/c1-20(21,22)19-23-9-14-17(24-19)15(12-5-3-2-4-6-12)10-25(18(14)27)16(11-26)13-7-8-13/h9-10,12-13,16,26H,2-8,11H2,1H3/t16-/m1/s1. The molecule has 5 nitrogen and oxygen atoms in total. The van der Waals surface area contributed by atoms with Gasteiger partial charge in [0.25, 0.3) is 5.56 Å². The largest absolute Gasteiger partial charge is 0.394 e. The summed E-state index contributed by atoms with van der Waals surface area (Å²) in [6.45, 7) is 0.663. The maximum absolute atomic E-state index is 13.8. The summed E-state index contributed by atoms with van der Waals surface area (Å²) in [5.74, 6) is -3.22. The van der Waals surface area contributed by atoms with Gasteiger partial charge in [0, 0.05) is 19.3 Å². The fraction of sp³-hybridized carbons (Fsp3) is 0.650. The molecule has 2 aromatic rings. The molecule has 146 valence electrons. The van der Waals surface area contributed by atoms with Gasteiger partial charge in [-0.15, -0.1) is 0 Å². The Bertz CT molecular complexity index is 896. The van der Waals surface area contributed by atoms with Gasteiger partial charge in [-0.2, -0.15) is 8.78 Å². The Balaban J connectivity index is 1.93. The third-order valence-electron chi connectivity index (χ3n) is 5.95. The third-order valence-corrected chi connectivity index (χ3v) is 5.95. The first-order valence-corrected chi connectivity index (χ1v) is 9.81. The predicted octanol–water partition coefficient (Wildman–Crippen LogP) is 3.89. The summed E-state index contributed by atoms with van der Waals surface area (Å²) in [6.07, 6.45) is 10.3. The molecule has 1 atom stereocenters. The van der Waals surface area contributed by atoms with Gasteiger partial charge in [-0.25, -0.2) is 9.97 Å². The van der Waals surface area contributed by atoms with E-state index in [2.05, 4.69) is 9.97 Å². The van der Waals surface area contributed by atoms with Crippen molar-refractivity contribution < 1.29 is 13.9 Å². The summed E-state index contributed by atoms with van der Waals surface area (Å²) in [5, 5.41) is 10.1. The minimum Gasteiger partial charge on any atom is -0.394 e. The van der Waals surface area contributed by atoms with E-state index in [0.717, 1.165) is 51.0 Å². The summed E-state index contributed by atoms with van der Waals surface area (Å²) < 4.78 is 29.2. The van der Waals surface area contributed by atoms with E-state index in [1.165, 1.54) is 12.6 Å². The molecular formula is C20H25F2N3O2. The van der Waals surface area contributed by atoms with Crippen molar-refractivity contribution >= 4 is 10.9 Å². The van der Waals surface area contributed by atoms with Crippen LogP contribution in [0, 0.1) is 5.92 Å². The average molecular weight is 377 g/mol. The quantitative estimate of drug-likeness (QED) is 0.858. The first-order valence-electron chi connectivity index (χ1n) is 9.81. The van der Waals surface area contributed by atoms with Crippen molar-refractivity contribution in [1.29, 1.82) is 0 Å². The molecule has 7 heteroatoms. The predicted molar refractivity (Wildman–Crippen MR) is 98.0 cm³/mol. The number of aromatic nitrogens is 3. The first-order chi connectivity index (χ1) is 12.9. The van der Waals surface area contributed by atoms with E-state index in [9.17, 15) is 18.7 Å². The van der Waals surface area contributed by atoms with Gasteiger partial charge in [0.1, 0.15) is 0 Å². The van der Waals surface area contributed by atoms with Gasteiger partial charge >= 0.3 is 5.92 Å². The zero-order valence-electron chi connectivity index (χ0n) is 15.5. The van der Waals surface area contributed by atoms with E-state index >= 15 is 0 Å². The van der Waals surface area contributed by atoms with Crippen molar-refractivity contribution in [2.45, 2.75) is 69.8 Å². The molecule has 2 fully saturated rings. The number of aliphatic hydroxyl groups is 1. The normalized spacial score (nSPS) is 20.1. The molecule has 2 heterocycles. The summed E-state index contributed by atoms with van der Waals surface area (Å²) in [6, 6.07) is -0.267. The molecule has 0 bridgehead atoms. The fourth-order valence-corrected chi connectivity index (χ4v) is 4.28. The lowest BCUT2D eigenvalue weighted by Gasteiger charge is -2.26. The molecule has 2 aliphatic carbocycles. The highest BCUT2D eigenvalue weighted by molar-refractivity contribution is 5.80. The van der Waals surface area contributed by atoms with E-state index in [1.807, 2.05) is 0 Å². The lowest BCUT2D eigenvalue weighted by Crippen LogP contribution is -2.30. The number of nitrogens with zero attached hydrogens (tertiary/aromatic N) is 3. The third kappa shape index (κ3) is 3.49. The maximum Gasteiger partial charge on any atom is 0.303 e. The zero-order valence-corrected chi connectivity index (χ0v) is 15.5. The molecule has 2 aliphatic rings. The second-order valence-corrected chi connectivity index (χ2v) is 8.06. The lowest BCUT2D eigenvalue weighted by molar-refractivity contribution is 0.00804. The highest BCUT2D eigenvalue weighted by Gasteiger charge is 2.34. The van der Waals surface area contributed by atoms with E-state index < -0.39 is 11.7 Å². The maximum atomic E-state index is 13.8.